The SMILES string of the molecule is Clc1ccc(CN2CCn3c(nnc3-c3ccccn3)C2)c(Cl)c1. The van der Waals surface area contributed by atoms with Crippen LogP contribution in [0.3, 0.4) is 0 Å². The molecule has 24 heavy (non-hydrogen) atoms. The van der Waals surface area contributed by atoms with Crippen LogP contribution in [0.15, 0.2) is 42.6 Å². The van der Waals surface area contributed by atoms with Crippen LogP contribution in [0.2, 0.25) is 10.0 Å². The average Bonchev–Trinajstić information content (AvgIpc) is 3.01. The number of fused-ring (bicyclic) bond motifs is 1. The molecule has 0 radical (unpaired) electrons. The fraction of sp³-hybridized carbons (Fsp3) is 0.235. The molecule has 1 aliphatic rings. The summed E-state index contributed by atoms with van der Waals surface area (Å²) in [6.07, 6.45) is 1.77. The van der Waals surface area contributed by atoms with Gasteiger partial charge in [0.2, 0.25) is 0 Å². The standard InChI is InChI=1S/C17H15Cl2N5/c18-13-5-4-12(14(19)9-13)10-23-7-8-24-16(11-23)21-22-17(24)15-3-1-2-6-20-15/h1-6,9H,7-8,10-11H2. The molecule has 0 atom stereocenters. The molecule has 0 saturated carbocycles. The van der Waals surface area contributed by atoms with Gasteiger partial charge in [-0.15, -0.1) is 10.2 Å². The lowest BCUT2D eigenvalue weighted by Gasteiger charge is -2.28. The fourth-order valence-corrected chi connectivity index (χ4v) is 3.39. The molecule has 3 heterocycles. The zero-order valence-corrected chi connectivity index (χ0v) is 14.4. The minimum absolute atomic E-state index is 0.655. The van der Waals surface area contributed by atoms with Crippen LogP contribution in [-0.4, -0.2) is 31.2 Å². The van der Waals surface area contributed by atoms with Gasteiger partial charge in [0.1, 0.15) is 11.5 Å². The number of hydrogen-bond donors (Lipinski definition) is 0. The third-order valence-electron chi connectivity index (χ3n) is 4.14. The zero-order valence-electron chi connectivity index (χ0n) is 12.9. The zero-order chi connectivity index (χ0) is 16.5. The number of hydrogen-bond acceptors (Lipinski definition) is 4. The Labute approximate surface area is 149 Å². The molecular formula is C17H15Cl2N5. The Kier molecular flexibility index (Phi) is 4.22. The van der Waals surface area contributed by atoms with Crippen molar-refractivity contribution in [3.8, 4) is 11.5 Å². The van der Waals surface area contributed by atoms with E-state index in [1.807, 2.05) is 30.3 Å². The van der Waals surface area contributed by atoms with E-state index >= 15 is 0 Å². The number of benzene rings is 1. The van der Waals surface area contributed by atoms with Crippen LogP contribution in [0.5, 0.6) is 0 Å². The molecule has 0 N–H and O–H groups in total. The Hall–Kier alpha value is -1.95. The summed E-state index contributed by atoms with van der Waals surface area (Å²) in [7, 11) is 0. The van der Waals surface area contributed by atoms with E-state index in [0.29, 0.717) is 10.0 Å². The predicted molar refractivity (Wildman–Crippen MR) is 93.8 cm³/mol. The molecular weight excluding hydrogens is 345 g/mol. The normalized spacial score (nSPS) is 14.6. The fourth-order valence-electron chi connectivity index (χ4n) is 2.92. The second-order valence-corrected chi connectivity index (χ2v) is 6.60. The number of halogens is 2. The summed E-state index contributed by atoms with van der Waals surface area (Å²) < 4.78 is 2.14. The van der Waals surface area contributed by atoms with Gasteiger partial charge in [-0.2, -0.15) is 0 Å². The van der Waals surface area contributed by atoms with Crippen LogP contribution in [0.1, 0.15) is 11.4 Å². The summed E-state index contributed by atoms with van der Waals surface area (Å²) in [6, 6.07) is 11.4. The molecule has 2 aromatic heterocycles. The number of nitrogens with zero attached hydrogens (tertiary/aromatic N) is 5. The Balaban J connectivity index is 1.54. The lowest BCUT2D eigenvalue weighted by Crippen LogP contribution is -2.33. The first-order chi connectivity index (χ1) is 11.7. The van der Waals surface area contributed by atoms with Crippen molar-refractivity contribution in [3.63, 3.8) is 0 Å². The third-order valence-corrected chi connectivity index (χ3v) is 4.72. The molecule has 1 aliphatic heterocycles. The number of rotatable bonds is 3. The van der Waals surface area contributed by atoms with Crippen molar-refractivity contribution in [1.82, 2.24) is 24.6 Å². The highest BCUT2D eigenvalue weighted by molar-refractivity contribution is 6.35. The highest BCUT2D eigenvalue weighted by Crippen LogP contribution is 2.25. The second-order valence-electron chi connectivity index (χ2n) is 5.75. The Morgan fingerprint density at radius 2 is 1.96 bits per heavy atom. The highest BCUT2D eigenvalue weighted by atomic mass is 35.5. The van der Waals surface area contributed by atoms with E-state index in [1.165, 1.54) is 0 Å². The maximum absolute atomic E-state index is 6.28. The van der Waals surface area contributed by atoms with Crippen LogP contribution in [0, 0.1) is 0 Å². The first-order valence-electron chi connectivity index (χ1n) is 7.70. The van der Waals surface area contributed by atoms with Gasteiger partial charge in [-0.05, 0) is 29.8 Å². The molecule has 4 rings (SSSR count). The van der Waals surface area contributed by atoms with Crippen molar-refractivity contribution >= 4 is 23.2 Å². The van der Waals surface area contributed by atoms with Crippen LogP contribution in [-0.2, 0) is 19.6 Å². The predicted octanol–water partition coefficient (Wildman–Crippen LogP) is 3.66. The first kappa shape index (κ1) is 15.6. The molecule has 0 aliphatic carbocycles. The van der Waals surface area contributed by atoms with E-state index in [-0.39, 0.29) is 0 Å². The molecule has 3 aromatic rings. The van der Waals surface area contributed by atoms with Crippen LogP contribution < -0.4 is 0 Å². The van der Waals surface area contributed by atoms with E-state index in [4.69, 9.17) is 23.2 Å². The molecule has 0 unspecified atom stereocenters. The minimum Gasteiger partial charge on any atom is -0.307 e. The van der Waals surface area contributed by atoms with Gasteiger partial charge < -0.3 is 4.57 Å². The molecule has 7 heteroatoms. The van der Waals surface area contributed by atoms with Crippen LogP contribution in [0.25, 0.3) is 11.5 Å². The highest BCUT2D eigenvalue weighted by Gasteiger charge is 2.22. The Morgan fingerprint density at radius 3 is 2.75 bits per heavy atom. The summed E-state index contributed by atoms with van der Waals surface area (Å²) in [4.78, 5) is 6.68. The van der Waals surface area contributed by atoms with Crippen molar-refractivity contribution in [3.05, 3.63) is 64.0 Å². The molecule has 0 fully saturated rings. The summed E-state index contributed by atoms with van der Waals surface area (Å²) in [5, 5.41) is 10.0. The monoisotopic (exact) mass is 359 g/mol. The van der Waals surface area contributed by atoms with E-state index < -0.39 is 0 Å². The van der Waals surface area contributed by atoms with Gasteiger partial charge in [0.15, 0.2) is 5.82 Å². The van der Waals surface area contributed by atoms with Gasteiger partial charge in [-0.1, -0.05) is 35.3 Å². The minimum atomic E-state index is 0.655. The summed E-state index contributed by atoms with van der Waals surface area (Å²) in [5.74, 6) is 1.78. The van der Waals surface area contributed by atoms with Gasteiger partial charge >= 0.3 is 0 Å². The third kappa shape index (κ3) is 3.02. The maximum atomic E-state index is 6.28. The summed E-state index contributed by atoms with van der Waals surface area (Å²) in [6.45, 7) is 3.24. The lowest BCUT2D eigenvalue weighted by molar-refractivity contribution is 0.209. The van der Waals surface area contributed by atoms with Gasteiger partial charge in [0.25, 0.3) is 0 Å². The van der Waals surface area contributed by atoms with Crippen LogP contribution >= 0.6 is 23.2 Å². The maximum Gasteiger partial charge on any atom is 0.182 e. The Bertz CT molecular complexity index is 863. The molecule has 5 nitrogen and oxygen atoms in total. The van der Waals surface area contributed by atoms with Crippen molar-refractivity contribution < 1.29 is 0 Å². The van der Waals surface area contributed by atoms with Crippen molar-refractivity contribution in [1.29, 1.82) is 0 Å². The van der Waals surface area contributed by atoms with E-state index in [2.05, 4.69) is 24.6 Å². The smallest absolute Gasteiger partial charge is 0.182 e. The average molecular weight is 360 g/mol. The topological polar surface area (TPSA) is 46.8 Å². The molecule has 0 bridgehead atoms. The number of pyridine rings is 1. The van der Waals surface area contributed by atoms with E-state index in [9.17, 15) is 0 Å². The van der Waals surface area contributed by atoms with Gasteiger partial charge in [-0.25, -0.2) is 0 Å². The van der Waals surface area contributed by atoms with Crippen LogP contribution in [0.4, 0.5) is 0 Å². The van der Waals surface area contributed by atoms with Gasteiger partial charge in [0.05, 0.1) is 6.54 Å². The molecule has 122 valence electrons. The number of aromatic nitrogens is 4. The largest absolute Gasteiger partial charge is 0.307 e. The van der Waals surface area contributed by atoms with Crippen molar-refractivity contribution in [2.24, 2.45) is 0 Å². The molecule has 0 saturated heterocycles. The lowest BCUT2D eigenvalue weighted by atomic mass is 10.2. The second kappa shape index (κ2) is 6.51. The Morgan fingerprint density at radius 1 is 1.04 bits per heavy atom. The first-order valence-corrected chi connectivity index (χ1v) is 8.46. The quantitative estimate of drug-likeness (QED) is 0.715. The van der Waals surface area contributed by atoms with Gasteiger partial charge in [-0.3, -0.25) is 9.88 Å². The molecule has 1 aromatic carbocycles. The van der Waals surface area contributed by atoms with E-state index in [1.54, 1.807) is 12.3 Å². The van der Waals surface area contributed by atoms with Crippen molar-refractivity contribution in [2.45, 2.75) is 19.6 Å². The van der Waals surface area contributed by atoms with E-state index in [0.717, 1.165) is 49.1 Å². The van der Waals surface area contributed by atoms with Crippen molar-refractivity contribution in [2.75, 3.05) is 6.54 Å². The molecule has 0 amide bonds. The summed E-state index contributed by atoms with van der Waals surface area (Å²) >= 11 is 12.2. The van der Waals surface area contributed by atoms with Gasteiger partial charge in [0, 0.05) is 35.9 Å². The summed E-state index contributed by atoms with van der Waals surface area (Å²) in [5.41, 5.74) is 1.92. The molecule has 0 spiro atoms.